The van der Waals surface area contributed by atoms with Crippen LogP contribution < -0.4 is 5.32 Å². The lowest BCUT2D eigenvalue weighted by Gasteiger charge is -2.23. The Labute approximate surface area is 114 Å². The summed E-state index contributed by atoms with van der Waals surface area (Å²) in [6, 6.07) is 0.363. The predicted octanol–water partition coefficient (Wildman–Crippen LogP) is 2.07. The quantitative estimate of drug-likeness (QED) is 0.820. The highest BCUT2D eigenvalue weighted by atomic mass is 16.4. The third-order valence-electron chi connectivity index (χ3n) is 4.51. The summed E-state index contributed by atoms with van der Waals surface area (Å²) < 4.78 is 0. The second-order valence-electron chi connectivity index (χ2n) is 6.00. The molecule has 3 atom stereocenters. The van der Waals surface area contributed by atoms with Crippen LogP contribution in [-0.4, -0.2) is 41.1 Å². The lowest BCUT2D eigenvalue weighted by atomic mass is 10.0. The Balaban J connectivity index is 1.73. The number of hydrogen-bond acceptors (Lipinski definition) is 2. The van der Waals surface area contributed by atoms with Crippen LogP contribution in [0.25, 0.3) is 0 Å². The molecule has 2 amide bonds. The summed E-state index contributed by atoms with van der Waals surface area (Å²) >= 11 is 0. The SMILES string of the molecule is CC1CCCC1NC(=O)N1CCC(CCC(=O)O)C1. The van der Waals surface area contributed by atoms with Gasteiger partial charge in [-0.15, -0.1) is 0 Å². The average molecular weight is 268 g/mol. The van der Waals surface area contributed by atoms with E-state index >= 15 is 0 Å². The molecular weight excluding hydrogens is 244 g/mol. The van der Waals surface area contributed by atoms with E-state index in [4.69, 9.17) is 5.11 Å². The van der Waals surface area contributed by atoms with Gasteiger partial charge in [0.05, 0.1) is 0 Å². The van der Waals surface area contributed by atoms with Gasteiger partial charge in [0.2, 0.25) is 0 Å². The van der Waals surface area contributed by atoms with E-state index in [1.807, 2.05) is 4.90 Å². The van der Waals surface area contributed by atoms with Gasteiger partial charge in [-0.2, -0.15) is 0 Å². The predicted molar refractivity (Wildman–Crippen MR) is 71.9 cm³/mol. The second kappa shape index (κ2) is 6.26. The van der Waals surface area contributed by atoms with Crippen LogP contribution >= 0.6 is 0 Å². The molecule has 0 bridgehead atoms. The maximum absolute atomic E-state index is 12.1. The summed E-state index contributed by atoms with van der Waals surface area (Å²) in [5.41, 5.74) is 0. The Bertz CT molecular complexity index is 346. The molecule has 1 saturated carbocycles. The highest BCUT2D eigenvalue weighted by Gasteiger charge is 2.30. The Hall–Kier alpha value is -1.26. The van der Waals surface area contributed by atoms with Crippen molar-refractivity contribution in [2.45, 2.75) is 51.5 Å². The fraction of sp³-hybridized carbons (Fsp3) is 0.857. The maximum Gasteiger partial charge on any atom is 0.317 e. The first-order chi connectivity index (χ1) is 9.06. The van der Waals surface area contributed by atoms with Crippen molar-refractivity contribution in [2.75, 3.05) is 13.1 Å². The molecule has 5 nitrogen and oxygen atoms in total. The average Bonchev–Trinajstić information content (AvgIpc) is 2.97. The van der Waals surface area contributed by atoms with Gasteiger partial charge in [-0.05, 0) is 37.5 Å². The zero-order valence-electron chi connectivity index (χ0n) is 11.6. The van der Waals surface area contributed by atoms with Gasteiger partial charge in [-0.3, -0.25) is 4.79 Å². The number of hydrogen-bond donors (Lipinski definition) is 2. The van der Waals surface area contributed by atoms with Crippen LogP contribution in [0.5, 0.6) is 0 Å². The van der Waals surface area contributed by atoms with E-state index in [1.54, 1.807) is 0 Å². The Morgan fingerprint density at radius 2 is 2.11 bits per heavy atom. The Morgan fingerprint density at radius 3 is 2.74 bits per heavy atom. The Kier molecular flexibility index (Phi) is 4.66. The normalized spacial score (nSPS) is 30.6. The number of carbonyl (C=O) groups excluding carboxylic acids is 1. The molecule has 2 fully saturated rings. The zero-order chi connectivity index (χ0) is 13.8. The minimum absolute atomic E-state index is 0.0385. The number of rotatable bonds is 4. The first-order valence-corrected chi connectivity index (χ1v) is 7.33. The first kappa shape index (κ1) is 14.2. The number of urea groups is 1. The van der Waals surface area contributed by atoms with Crippen LogP contribution in [0.2, 0.25) is 0 Å². The molecule has 1 heterocycles. The minimum atomic E-state index is -0.748. The van der Waals surface area contributed by atoms with Crippen LogP contribution in [0.3, 0.4) is 0 Å². The summed E-state index contributed by atoms with van der Waals surface area (Å²) in [7, 11) is 0. The fourth-order valence-electron chi connectivity index (χ4n) is 3.19. The van der Waals surface area contributed by atoms with Gasteiger partial charge in [0.25, 0.3) is 0 Å². The molecule has 3 unspecified atom stereocenters. The lowest BCUT2D eigenvalue weighted by Crippen LogP contribution is -2.44. The molecule has 2 rings (SSSR count). The molecule has 5 heteroatoms. The summed E-state index contributed by atoms with van der Waals surface area (Å²) in [6.45, 7) is 3.66. The van der Waals surface area contributed by atoms with E-state index < -0.39 is 5.97 Å². The van der Waals surface area contributed by atoms with Gasteiger partial charge in [-0.25, -0.2) is 4.79 Å². The number of nitrogens with zero attached hydrogens (tertiary/aromatic N) is 1. The molecule has 0 aromatic heterocycles. The van der Waals surface area contributed by atoms with Crippen LogP contribution in [0, 0.1) is 11.8 Å². The Morgan fingerprint density at radius 1 is 1.32 bits per heavy atom. The van der Waals surface area contributed by atoms with Gasteiger partial charge in [0, 0.05) is 25.6 Å². The first-order valence-electron chi connectivity index (χ1n) is 7.33. The highest BCUT2D eigenvalue weighted by molar-refractivity contribution is 5.75. The van der Waals surface area contributed by atoms with Crippen molar-refractivity contribution >= 4 is 12.0 Å². The molecular formula is C14H24N2O3. The van der Waals surface area contributed by atoms with Crippen molar-refractivity contribution in [3.63, 3.8) is 0 Å². The van der Waals surface area contributed by atoms with Gasteiger partial charge < -0.3 is 15.3 Å². The molecule has 1 saturated heterocycles. The number of carbonyl (C=O) groups is 2. The molecule has 2 N–H and O–H groups in total. The van der Waals surface area contributed by atoms with E-state index in [-0.39, 0.29) is 12.5 Å². The molecule has 1 aliphatic heterocycles. The molecule has 108 valence electrons. The minimum Gasteiger partial charge on any atom is -0.481 e. The molecule has 0 aromatic carbocycles. The van der Waals surface area contributed by atoms with Crippen molar-refractivity contribution in [1.82, 2.24) is 10.2 Å². The zero-order valence-corrected chi connectivity index (χ0v) is 11.6. The fourth-order valence-corrected chi connectivity index (χ4v) is 3.19. The monoisotopic (exact) mass is 268 g/mol. The highest BCUT2D eigenvalue weighted by Crippen LogP contribution is 2.26. The molecule has 19 heavy (non-hydrogen) atoms. The summed E-state index contributed by atoms with van der Waals surface area (Å²) in [4.78, 5) is 24.5. The van der Waals surface area contributed by atoms with Crippen molar-refractivity contribution in [1.29, 1.82) is 0 Å². The summed E-state index contributed by atoms with van der Waals surface area (Å²) in [5.74, 6) is 0.180. The molecule has 2 aliphatic rings. The lowest BCUT2D eigenvalue weighted by molar-refractivity contribution is -0.137. The molecule has 0 radical (unpaired) electrons. The van der Waals surface area contributed by atoms with Gasteiger partial charge in [0.1, 0.15) is 0 Å². The summed E-state index contributed by atoms with van der Waals surface area (Å²) in [5, 5.41) is 11.8. The van der Waals surface area contributed by atoms with Gasteiger partial charge >= 0.3 is 12.0 Å². The van der Waals surface area contributed by atoms with E-state index in [9.17, 15) is 9.59 Å². The van der Waals surface area contributed by atoms with Crippen molar-refractivity contribution < 1.29 is 14.7 Å². The number of carboxylic acid groups (broad SMARTS) is 1. The van der Waals surface area contributed by atoms with E-state index in [0.29, 0.717) is 30.8 Å². The van der Waals surface area contributed by atoms with E-state index in [1.165, 1.54) is 12.8 Å². The maximum atomic E-state index is 12.1. The summed E-state index contributed by atoms with van der Waals surface area (Å²) in [6.07, 6.45) is 5.31. The van der Waals surface area contributed by atoms with Crippen molar-refractivity contribution in [2.24, 2.45) is 11.8 Å². The van der Waals surface area contributed by atoms with Gasteiger partial charge in [0.15, 0.2) is 0 Å². The number of aliphatic carboxylic acids is 1. The van der Waals surface area contributed by atoms with Crippen LogP contribution in [0.4, 0.5) is 4.79 Å². The van der Waals surface area contributed by atoms with Crippen LogP contribution in [0.1, 0.15) is 45.4 Å². The number of likely N-dealkylation sites (tertiary alicyclic amines) is 1. The number of nitrogens with one attached hydrogen (secondary N) is 1. The third-order valence-corrected chi connectivity index (χ3v) is 4.51. The molecule has 0 aromatic rings. The molecule has 1 aliphatic carbocycles. The van der Waals surface area contributed by atoms with E-state index in [2.05, 4.69) is 12.2 Å². The van der Waals surface area contributed by atoms with Crippen molar-refractivity contribution in [3.05, 3.63) is 0 Å². The third kappa shape index (κ3) is 3.85. The topological polar surface area (TPSA) is 69.6 Å². The van der Waals surface area contributed by atoms with Crippen LogP contribution in [-0.2, 0) is 4.79 Å². The smallest absolute Gasteiger partial charge is 0.317 e. The van der Waals surface area contributed by atoms with Gasteiger partial charge in [-0.1, -0.05) is 13.3 Å². The number of carboxylic acids is 1. The standard InChI is InChI=1S/C14H24N2O3/c1-10-3-2-4-12(10)15-14(19)16-8-7-11(9-16)5-6-13(17)18/h10-12H,2-9H2,1H3,(H,15,19)(H,17,18). The van der Waals surface area contributed by atoms with Crippen molar-refractivity contribution in [3.8, 4) is 0 Å². The van der Waals surface area contributed by atoms with E-state index in [0.717, 1.165) is 19.4 Å². The second-order valence-corrected chi connectivity index (χ2v) is 6.00. The largest absolute Gasteiger partial charge is 0.481 e. The van der Waals surface area contributed by atoms with Crippen LogP contribution in [0.15, 0.2) is 0 Å². The molecule has 0 spiro atoms. The number of amides is 2.